The first kappa shape index (κ1) is 29.5. The molecule has 0 fully saturated rings. The molecule has 0 spiro atoms. The van der Waals surface area contributed by atoms with Crippen molar-refractivity contribution in [1.29, 1.82) is 0 Å². The van der Waals surface area contributed by atoms with Crippen LogP contribution in [0.1, 0.15) is 22.8 Å². The lowest BCUT2D eigenvalue weighted by atomic mass is 10.1. The number of carbonyl (C=O) groups excluding carboxylic acids is 3. The Labute approximate surface area is 248 Å². The second-order valence-corrected chi connectivity index (χ2v) is 10.7. The van der Waals surface area contributed by atoms with E-state index >= 15 is 0 Å². The van der Waals surface area contributed by atoms with Crippen molar-refractivity contribution in [2.24, 2.45) is 0 Å². The Balaban J connectivity index is 1.42. The van der Waals surface area contributed by atoms with Crippen LogP contribution in [0.4, 0.5) is 11.4 Å². The molecular weight excluding hydrogens is 558 g/mol. The summed E-state index contributed by atoms with van der Waals surface area (Å²) < 4.78 is 5.20. The molecular formula is C32H28ClN3O4S. The van der Waals surface area contributed by atoms with E-state index in [-0.39, 0.29) is 16.9 Å². The smallest absolute Gasteiger partial charge is 0.272 e. The summed E-state index contributed by atoms with van der Waals surface area (Å²) in [6.45, 7) is 1.82. The van der Waals surface area contributed by atoms with Gasteiger partial charge in [0, 0.05) is 32.9 Å². The molecule has 0 saturated heterocycles. The van der Waals surface area contributed by atoms with Crippen LogP contribution in [-0.4, -0.2) is 30.1 Å². The number of hydrogen-bond donors (Lipinski definition) is 3. The van der Waals surface area contributed by atoms with Crippen LogP contribution >= 0.6 is 23.4 Å². The highest BCUT2D eigenvalue weighted by molar-refractivity contribution is 8.00. The average Bonchev–Trinajstić information content (AvgIpc) is 2.98. The van der Waals surface area contributed by atoms with Crippen molar-refractivity contribution in [3.05, 3.63) is 125 Å². The average molecular weight is 586 g/mol. The molecule has 0 aliphatic rings. The maximum atomic E-state index is 13.2. The van der Waals surface area contributed by atoms with Crippen LogP contribution < -0.4 is 20.7 Å². The fourth-order valence-corrected chi connectivity index (χ4v) is 4.79. The second-order valence-electron chi connectivity index (χ2n) is 8.89. The minimum absolute atomic E-state index is 0.0578. The molecule has 4 aromatic carbocycles. The monoisotopic (exact) mass is 585 g/mol. The van der Waals surface area contributed by atoms with Gasteiger partial charge in [0.25, 0.3) is 11.8 Å². The van der Waals surface area contributed by atoms with E-state index in [2.05, 4.69) is 16.0 Å². The Bertz CT molecular complexity index is 1560. The first-order chi connectivity index (χ1) is 19.8. The lowest BCUT2D eigenvalue weighted by Crippen LogP contribution is -2.30. The maximum Gasteiger partial charge on any atom is 0.272 e. The van der Waals surface area contributed by atoms with Gasteiger partial charge < -0.3 is 20.7 Å². The molecule has 0 aromatic heterocycles. The maximum absolute atomic E-state index is 13.2. The normalized spacial score (nSPS) is 11.7. The number of methoxy groups -OCH3 is 1. The first-order valence-corrected chi connectivity index (χ1v) is 13.9. The van der Waals surface area contributed by atoms with E-state index in [4.69, 9.17) is 16.3 Å². The molecule has 41 heavy (non-hydrogen) atoms. The number of amides is 3. The number of benzene rings is 4. The molecule has 208 valence electrons. The van der Waals surface area contributed by atoms with Gasteiger partial charge in [-0.15, -0.1) is 11.8 Å². The molecule has 3 amide bonds. The summed E-state index contributed by atoms with van der Waals surface area (Å²) in [7, 11) is 1.57. The Morgan fingerprint density at radius 2 is 1.56 bits per heavy atom. The molecule has 0 radical (unpaired) electrons. The van der Waals surface area contributed by atoms with Gasteiger partial charge in [0.05, 0.1) is 12.4 Å². The van der Waals surface area contributed by atoms with Crippen LogP contribution in [-0.2, 0) is 9.59 Å². The highest BCUT2D eigenvalue weighted by atomic mass is 35.5. The molecule has 0 aliphatic heterocycles. The SMILES string of the molecule is COc1cccc(NC(=O)C(C)Sc2ccc(NC(=O)/C(=C/c3cccc(Cl)c3)NC(=O)c3ccccc3)cc2)c1. The predicted octanol–water partition coefficient (Wildman–Crippen LogP) is 6.88. The summed E-state index contributed by atoms with van der Waals surface area (Å²) in [4.78, 5) is 39.6. The lowest BCUT2D eigenvalue weighted by molar-refractivity contribution is -0.115. The van der Waals surface area contributed by atoms with Gasteiger partial charge in [-0.25, -0.2) is 0 Å². The van der Waals surface area contributed by atoms with Crippen LogP contribution in [0.2, 0.25) is 5.02 Å². The van der Waals surface area contributed by atoms with Gasteiger partial charge in [0.15, 0.2) is 0 Å². The van der Waals surface area contributed by atoms with E-state index in [9.17, 15) is 14.4 Å². The van der Waals surface area contributed by atoms with E-state index in [1.165, 1.54) is 11.8 Å². The fourth-order valence-electron chi connectivity index (χ4n) is 3.72. The summed E-state index contributed by atoms with van der Waals surface area (Å²) in [6.07, 6.45) is 1.56. The molecule has 7 nitrogen and oxygen atoms in total. The number of hydrogen-bond acceptors (Lipinski definition) is 5. The zero-order valence-electron chi connectivity index (χ0n) is 22.4. The highest BCUT2D eigenvalue weighted by Crippen LogP contribution is 2.26. The molecule has 1 atom stereocenters. The van der Waals surface area contributed by atoms with Crippen LogP contribution in [0.3, 0.4) is 0 Å². The first-order valence-electron chi connectivity index (χ1n) is 12.7. The van der Waals surface area contributed by atoms with Gasteiger partial charge >= 0.3 is 0 Å². The van der Waals surface area contributed by atoms with Gasteiger partial charge in [-0.05, 0) is 79.2 Å². The Kier molecular flexibility index (Phi) is 10.2. The molecule has 0 heterocycles. The van der Waals surface area contributed by atoms with Gasteiger partial charge in [0.1, 0.15) is 11.4 Å². The third kappa shape index (κ3) is 8.73. The fraction of sp³-hybridized carbons (Fsp3) is 0.0938. The van der Waals surface area contributed by atoms with Crippen LogP contribution in [0, 0.1) is 0 Å². The second kappa shape index (κ2) is 14.2. The minimum Gasteiger partial charge on any atom is -0.497 e. The van der Waals surface area contributed by atoms with E-state index in [0.717, 1.165) is 4.90 Å². The Morgan fingerprint density at radius 3 is 2.27 bits per heavy atom. The lowest BCUT2D eigenvalue weighted by Gasteiger charge is -2.14. The molecule has 0 aliphatic carbocycles. The van der Waals surface area contributed by atoms with Gasteiger partial charge in [-0.1, -0.05) is 48.0 Å². The predicted molar refractivity (Wildman–Crippen MR) is 165 cm³/mol. The van der Waals surface area contributed by atoms with Crippen molar-refractivity contribution >= 4 is 58.5 Å². The standard InChI is InChI=1S/C32H28ClN3O4S/c1-21(30(37)35-26-12-7-13-27(20-26)40-2)41-28-16-14-25(15-17-28)34-32(39)29(19-22-8-6-11-24(33)18-22)36-31(38)23-9-4-3-5-10-23/h3-21H,1-2H3,(H,34,39)(H,35,37)(H,36,38)/b29-19-. The van der Waals surface area contributed by atoms with E-state index < -0.39 is 11.8 Å². The van der Waals surface area contributed by atoms with Gasteiger partial charge in [0.2, 0.25) is 5.91 Å². The summed E-state index contributed by atoms with van der Waals surface area (Å²) in [6, 6.07) is 29.9. The molecule has 4 rings (SSSR count). The molecule has 0 bridgehead atoms. The molecule has 0 saturated carbocycles. The summed E-state index contributed by atoms with van der Waals surface area (Å²) >= 11 is 7.50. The minimum atomic E-state index is -0.499. The quantitative estimate of drug-likeness (QED) is 0.139. The topological polar surface area (TPSA) is 96.5 Å². The van der Waals surface area contributed by atoms with Crippen molar-refractivity contribution in [3.63, 3.8) is 0 Å². The van der Waals surface area contributed by atoms with E-state index in [0.29, 0.717) is 33.3 Å². The number of nitrogens with one attached hydrogen (secondary N) is 3. The molecule has 9 heteroatoms. The van der Waals surface area contributed by atoms with Crippen molar-refractivity contribution in [2.75, 3.05) is 17.7 Å². The van der Waals surface area contributed by atoms with Crippen molar-refractivity contribution in [1.82, 2.24) is 5.32 Å². The van der Waals surface area contributed by atoms with Crippen LogP contribution in [0.15, 0.2) is 114 Å². The number of anilines is 2. The van der Waals surface area contributed by atoms with Crippen LogP contribution in [0.25, 0.3) is 6.08 Å². The number of halogens is 1. The van der Waals surface area contributed by atoms with Crippen molar-refractivity contribution in [2.45, 2.75) is 17.1 Å². The number of thioether (sulfide) groups is 1. The van der Waals surface area contributed by atoms with Gasteiger partial charge in [-0.3, -0.25) is 14.4 Å². The Morgan fingerprint density at radius 1 is 0.829 bits per heavy atom. The zero-order chi connectivity index (χ0) is 29.2. The van der Waals surface area contributed by atoms with Crippen molar-refractivity contribution in [3.8, 4) is 5.75 Å². The van der Waals surface area contributed by atoms with Gasteiger partial charge in [-0.2, -0.15) is 0 Å². The summed E-state index contributed by atoms with van der Waals surface area (Å²) in [5.74, 6) is -0.404. The number of ether oxygens (including phenoxy) is 1. The highest BCUT2D eigenvalue weighted by Gasteiger charge is 2.17. The number of carbonyl (C=O) groups is 3. The third-order valence-corrected chi connectivity index (χ3v) is 7.17. The zero-order valence-corrected chi connectivity index (χ0v) is 24.0. The molecule has 3 N–H and O–H groups in total. The summed E-state index contributed by atoms with van der Waals surface area (Å²) in [5, 5.41) is 8.56. The van der Waals surface area contributed by atoms with Crippen molar-refractivity contribution < 1.29 is 19.1 Å². The van der Waals surface area contributed by atoms with E-state index in [1.54, 1.807) is 92.0 Å². The largest absolute Gasteiger partial charge is 0.497 e. The third-order valence-electron chi connectivity index (χ3n) is 5.82. The molecule has 4 aromatic rings. The molecule has 1 unspecified atom stereocenters. The van der Waals surface area contributed by atoms with E-state index in [1.807, 2.05) is 31.2 Å². The van der Waals surface area contributed by atoms with Crippen LogP contribution in [0.5, 0.6) is 5.75 Å². The summed E-state index contributed by atoms with van der Waals surface area (Å²) in [5.41, 5.74) is 2.31. The Hall–Kier alpha value is -4.53. The number of rotatable bonds is 10.